The summed E-state index contributed by atoms with van der Waals surface area (Å²) in [6.07, 6.45) is -4.61. The van der Waals surface area contributed by atoms with E-state index in [1.165, 1.54) is 12.1 Å². The molecule has 2 heterocycles. The summed E-state index contributed by atoms with van der Waals surface area (Å²) in [7, 11) is 0. The topological polar surface area (TPSA) is 53.6 Å². The Bertz CT molecular complexity index is 911. The molecule has 4 rings (SSSR count). The van der Waals surface area contributed by atoms with Crippen LogP contribution in [0, 0.1) is 0 Å². The summed E-state index contributed by atoms with van der Waals surface area (Å²) in [6, 6.07) is 9.31. The molecule has 2 aromatic rings. The molecule has 5 nitrogen and oxygen atoms in total. The number of morpholine rings is 1. The van der Waals surface area contributed by atoms with Gasteiger partial charge in [0.15, 0.2) is 6.04 Å². The van der Waals surface area contributed by atoms with Crippen LogP contribution in [0.25, 0.3) is 0 Å². The van der Waals surface area contributed by atoms with E-state index < -0.39 is 18.1 Å². The van der Waals surface area contributed by atoms with E-state index in [1.54, 1.807) is 24.3 Å². The summed E-state index contributed by atoms with van der Waals surface area (Å²) in [5, 5.41) is 5.35. The van der Waals surface area contributed by atoms with Crippen molar-refractivity contribution in [1.29, 1.82) is 0 Å². The smallest absolute Gasteiger partial charge is 0.379 e. The fraction of sp³-hybridized carbons (Fsp3) is 0.409. The van der Waals surface area contributed by atoms with Gasteiger partial charge in [-0.3, -0.25) is 9.69 Å². The lowest BCUT2D eigenvalue weighted by molar-refractivity contribution is -0.155. The minimum atomic E-state index is -4.61. The van der Waals surface area contributed by atoms with Gasteiger partial charge in [-0.2, -0.15) is 13.2 Å². The van der Waals surface area contributed by atoms with Crippen LogP contribution in [0.15, 0.2) is 42.5 Å². The standard InChI is InChI=1S/C22H24F3N3O2/c23-22(24,25)20(27-21(29)17-4-5-18-12-26-13-19(18)11-17)16-3-1-2-15(10-16)14-28-6-8-30-9-7-28/h1-5,10-11,20,26H,6-9,12-14H2,(H,27,29)/t20-/m1/s1. The number of nitrogens with one attached hydrogen (secondary N) is 2. The number of benzene rings is 2. The van der Waals surface area contributed by atoms with Crippen molar-refractivity contribution in [3.63, 3.8) is 0 Å². The zero-order valence-corrected chi connectivity index (χ0v) is 16.5. The van der Waals surface area contributed by atoms with Crippen molar-refractivity contribution in [2.45, 2.75) is 31.9 Å². The molecular formula is C22H24F3N3O2. The Morgan fingerprint density at radius 2 is 1.87 bits per heavy atom. The Hall–Kier alpha value is -2.42. The van der Waals surface area contributed by atoms with Gasteiger partial charge in [-0.25, -0.2) is 0 Å². The second kappa shape index (κ2) is 8.75. The van der Waals surface area contributed by atoms with E-state index in [-0.39, 0.29) is 11.1 Å². The Balaban J connectivity index is 1.52. The average Bonchev–Trinajstić information content (AvgIpc) is 3.20. The molecule has 0 aliphatic carbocycles. The van der Waals surface area contributed by atoms with E-state index in [1.807, 2.05) is 6.07 Å². The number of amides is 1. The molecule has 1 fully saturated rings. The maximum atomic E-state index is 13.8. The number of carbonyl (C=O) groups is 1. The highest BCUT2D eigenvalue weighted by Crippen LogP contribution is 2.33. The lowest BCUT2D eigenvalue weighted by atomic mass is 10.0. The SMILES string of the molecule is O=C(N[C@H](c1cccc(CN2CCOCC2)c1)C(F)(F)F)c1ccc2c(c1)CNC2. The van der Waals surface area contributed by atoms with Crippen molar-refractivity contribution < 1.29 is 22.7 Å². The van der Waals surface area contributed by atoms with Crippen LogP contribution in [-0.4, -0.2) is 43.3 Å². The number of rotatable bonds is 5. The number of ether oxygens (including phenoxy) is 1. The molecule has 0 aromatic heterocycles. The molecule has 0 bridgehead atoms. The monoisotopic (exact) mass is 419 g/mol. The van der Waals surface area contributed by atoms with Gasteiger partial charge in [0.1, 0.15) is 0 Å². The Kier molecular flexibility index (Phi) is 6.08. The van der Waals surface area contributed by atoms with Crippen LogP contribution in [0.2, 0.25) is 0 Å². The normalized spacial score (nSPS) is 18.1. The molecule has 0 radical (unpaired) electrons. The minimum Gasteiger partial charge on any atom is -0.379 e. The third-order valence-electron chi connectivity index (χ3n) is 5.50. The van der Waals surface area contributed by atoms with Gasteiger partial charge in [-0.1, -0.05) is 30.3 Å². The van der Waals surface area contributed by atoms with Crippen LogP contribution >= 0.6 is 0 Å². The molecule has 1 atom stereocenters. The van der Waals surface area contributed by atoms with E-state index >= 15 is 0 Å². The number of carbonyl (C=O) groups excluding carboxylic acids is 1. The first-order valence-electron chi connectivity index (χ1n) is 9.99. The van der Waals surface area contributed by atoms with Crippen LogP contribution < -0.4 is 10.6 Å². The van der Waals surface area contributed by atoms with Crippen molar-refractivity contribution in [3.8, 4) is 0 Å². The van der Waals surface area contributed by atoms with E-state index in [4.69, 9.17) is 4.74 Å². The summed E-state index contributed by atoms with van der Waals surface area (Å²) in [5.74, 6) is -0.731. The quantitative estimate of drug-likeness (QED) is 0.782. The molecule has 2 aliphatic rings. The number of fused-ring (bicyclic) bond motifs is 1. The Morgan fingerprint density at radius 3 is 2.63 bits per heavy atom. The van der Waals surface area contributed by atoms with Crippen LogP contribution in [0.1, 0.15) is 38.7 Å². The molecule has 1 saturated heterocycles. The minimum absolute atomic E-state index is 0.0319. The predicted octanol–water partition coefficient (Wildman–Crippen LogP) is 3.16. The first kappa shape index (κ1) is 20.8. The third kappa shape index (κ3) is 4.83. The summed E-state index contributed by atoms with van der Waals surface area (Å²) < 4.78 is 46.8. The molecule has 30 heavy (non-hydrogen) atoms. The highest BCUT2D eigenvalue weighted by molar-refractivity contribution is 5.94. The molecule has 2 aliphatic heterocycles. The van der Waals surface area contributed by atoms with Crippen LogP contribution in [0.5, 0.6) is 0 Å². The zero-order valence-electron chi connectivity index (χ0n) is 16.5. The fourth-order valence-electron chi connectivity index (χ4n) is 3.89. The maximum Gasteiger partial charge on any atom is 0.412 e. The summed E-state index contributed by atoms with van der Waals surface area (Å²) in [4.78, 5) is 14.8. The lowest BCUT2D eigenvalue weighted by Gasteiger charge is -2.27. The van der Waals surface area contributed by atoms with Gasteiger partial charge in [0.25, 0.3) is 5.91 Å². The van der Waals surface area contributed by atoms with Crippen molar-refractivity contribution in [2.24, 2.45) is 0 Å². The van der Waals surface area contributed by atoms with Gasteiger partial charge in [0.05, 0.1) is 13.2 Å². The zero-order chi connectivity index (χ0) is 21.1. The summed E-state index contributed by atoms with van der Waals surface area (Å²) in [6.45, 7) is 4.61. The third-order valence-corrected chi connectivity index (χ3v) is 5.50. The number of halogens is 3. The fourth-order valence-corrected chi connectivity index (χ4v) is 3.89. The van der Waals surface area contributed by atoms with Crippen molar-refractivity contribution in [2.75, 3.05) is 26.3 Å². The first-order valence-corrected chi connectivity index (χ1v) is 9.99. The Morgan fingerprint density at radius 1 is 1.10 bits per heavy atom. The van der Waals surface area contributed by atoms with Gasteiger partial charge >= 0.3 is 6.18 Å². The second-order valence-corrected chi connectivity index (χ2v) is 7.67. The van der Waals surface area contributed by atoms with Crippen LogP contribution in [0.4, 0.5) is 13.2 Å². The summed E-state index contributed by atoms with van der Waals surface area (Å²) >= 11 is 0. The Labute approximate surface area is 173 Å². The largest absolute Gasteiger partial charge is 0.412 e. The first-order chi connectivity index (χ1) is 14.4. The molecular weight excluding hydrogens is 395 g/mol. The van der Waals surface area contributed by atoms with Crippen molar-refractivity contribution in [3.05, 3.63) is 70.3 Å². The average molecular weight is 419 g/mol. The van der Waals surface area contributed by atoms with Crippen LogP contribution in [-0.2, 0) is 24.4 Å². The molecule has 2 N–H and O–H groups in total. The molecule has 160 valence electrons. The predicted molar refractivity (Wildman–Crippen MR) is 106 cm³/mol. The van der Waals surface area contributed by atoms with E-state index in [0.717, 1.165) is 29.8 Å². The van der Waals surface area contributed by atoms with Gasteiger partial charge in [-0.05, 0) is 34.4 Å². The van der Waals surface area contributed by atoms with E-state index in [2.05, 4.69) is 15.5 Å². The molecule has 1 amide bonds. The number of nitrogens with zero attached hydrogens (tertiary/aromatic N) is 1. The van der Waals surface area contributed by atoms with Gasteiger partial charge in [0.2, 0.25) is 0 Å². The van der Waals surface area contributed by atoms with E-state index in [9.17, 15) is 18.0 Å². The highest BCUT2D eigenvalue weighted by atomic mass is 19.4. The molecule has 8 heteroatoms. The van der Waals surface area contributed by atoms with E-state index in [0.29, 0.717) is 32.8 Å². The van der Waals surface area contributed by atoms with Gasteiger partial charge in [0, 0.05) is 38.3 Å². The van der Waals surface area contributed by atoms with Crippen molar-refractivity contribution >= 4 is 5.91 Å². The maximum absolute atomic E-state index is 13.8. The molecule has 0 spiro atoms. The molecule has 2 aromatic carbocycles. The molecule has 0 saturated carbocycles. The van der Waals surface area contributed by atoms with Gasteiger partial charge in [-0.15, -0.1) is 0 Å². The second-order valence-electron chi connectivity index (χ2n) is 7.67. The lowest BCUT2D eigenvalue weighted by Crippen LogP contribution is -2.38. The van der Waals surface area contributed by atoms with Gasteiger partial charge < -0.3 is 15.4 Å². The number of alkyl halides is 3. The van der Waals surface area contributed by atoms with Crippen molar-refractivity contribution in [1.82, 2.24) is 15.5 Å². The molecule has 0 unspecified atom stereocenters. The van der Waals surface area contributed by atoms with Crippen LogP contribution in [0.3, 0.4) is 0 Å². The number of hydrogen-bond donors (Lipinski definition) is 2. The number of hydrogen-bond acceptors (Lipinski definition) is 4. The highest BCUT2D eigenvalue weighted by Gasteiger charge is 2.42. The summed E-state index contributed by atoms with van der Waals surface area (Å²) in [5.41, 5.74) is 3.05.